The predicted molar refractivity (Wildman–Crippen MR) is 192 cm³/mol. The van der Waals surface area contributed by atoms with Gasteiger partial charge in [-0.15, -0.1) is 6.58 Å². The van der Waals surface area contributed by atoms with Gasteiger partial charge in [-0.25, -0.2) is 4.21 Å². The number of benzene rings is 1. The van der Waals surface area contributed by atoms with Crippen molar-refractivity contribution < 1.29 is 33.0 Å². The number of carbonyl (C=O) groups excluding carboxylic acids is 4. The van der Waals surface area contributed by atoms with Crippen molar-refractivity contribution in [2.45, 2.75) is 101 Å². The maximum absolute atomic E-state index is 14.6. The molecule has 2 saturated heterocycles. The van der Waals surface area contributed by atoms with Crippen molar-refractivity contribution in [2.24, 2.45) is 22.4 Å². The molecule has 15 heteroatoms. The second-order valence-electron chi connectivity index (χ2n) is 15.5. The van der Waals surface area contributed by atoms with Gasteiger partial charge in [0.1, 0.15) is 26.3 Å². The molecule has 1 aromatic rings. The molecule has 3 N–H and O–H groups in total. The highest BCUT2D eigenvalue weighted by Gasteiger charge is 2.63. The Labute approximate surface area is 303 Å². The average Bonchev–Trinajstić information content (AvgIpc) is 3.97. The van der Waals surface area contributed by atoms with Gasteiger partial charge in [-0.3, -0.25) is 23.9 Å². The minimum absolute atomic E-state index is 0.0195. The van der Waals surface area contributed by atoms with Crippen LogP contribution in [0.25, 0.3) is 0 Å². The Morgan fingerprint density at radius 3 is 2.52 bits per heavy atom. The first-order valence-corrected chi connectivity index (χ1v) is 20.2. The van der Waals surface area contributed by atoms with Gasteiger partial charge in [-0.2, -0.15) is 0 Å². The van der Waals surface area contributed by atoms with Gasteiger partial charge >= 0.3 is 0 Å². The standard InChI is InChI=1S/C35H46ClN5O7S2/c1-5-23-17-35(23,32(45)40-50(46,49)25-9-10-25)38-30(43)27-19-34(18-26(39-48-34)22-7-6-8-24(36)16-22)20-41(27)31(44)29(33(2,3)4)37-28(42)15-21-11-13-47-14-12-21/h5-8,16,21,23,25,27,29H,1,9-15,17-20H2,2-4H3,(H,37,42)(H,38,43)(H,40,45)/t23-,27+,29-,34-,35-,50?/m1/s1. The third kappa shape index (κ3) is 7.73. The number of nitrogens with one attached hydrogen (secondary N) is 3. The maximum atomic E-state index is 14.6. The Morgan fingerprint density at radius 1 is 1.18 bits per heavy atom. The van der Waals surface area contributed by atoms with E-state index in [0.717, 1.165) is 18.4 Å². The van der Waals surface area contributed by atoms with Crippen molar-refractivity contribution in [1.82, 2.24) is 20.3 Å². The van der Waals surface area contributed by atoms with Crippen LogP contribution in [0.1, 0.15) is 77.7 Å². The van der Waals surface area contributed by atoms with E-state index >= 15 is 0 Å². The molecule has 6 rings (SSSR count). The normalized spacial score (nSPS) is 29.7. The summed E-state index contributed by atoms with van der Waals surface area (Å²) < 4.78 is 21.0. The van der Waals surface area contributed by atoms with Crippen molar-refractivity contribution in [3.05, 3.63) is 47.5 Å². The number of rotatable bonds is 11. The third-order valence-electron chi connectivity index (χ3n) is 10.5. The van der Waals surface area contributed by atoms with E-state index in [4.69, 9.17) is 32.4 Å². The Morgan fingerprint density at radius 2 is 1.90 bits per heavy atom. The predicted octanol–water partition coefficient (Wildman–Crippen LogP) is 3.15. The van der Waals surface area contributed by atoms with Crippen molar-refractivity contribution in [2.75, 3.05) is 19.8 Å². The molecule has 1 unspecified atom stereocenters. The molecule has 12 nitrogen and oxygen atoms in total. The number of amides is 4. The van der Waals surface area contributed by atoms with Crippen molar-refractivity contribution >= 4 is 60.8 Å². The SMILES string of the molecule is C=C[C@@H]1C[C@]1(NC(=O)[C@@H]1C[C@]2(CC(c3cccc(Cl)c3)=NO2)CN1C(=O)[C@@H](NC(=O)CC1CCOCC1)C(C)(C)C)C(=O)NS(=O)(=S)C1CC1. The van der Waals surface area contributed by atoms with Gasteiger partial charge in [-0.1, -0.05) is 55.7 Å². The minimum Gasteiger partial charge on any atom is -0.387 e. The van der Waals surface area contributed by atoms with Gasteiger partial charge in [-0.05, 0) is 55.6 Å². The fourth-order valence-electron chi connectivity index (χ4n) is 7.22. The lowest BCUT2D eigenvalue weighted by molar-refractivity contribution is -0.145. The number of halogens is 1. The van der Waals surface area contributed by atoms with E-state index in [-0.39, 0.29) is 42.9 Å². The molecule has 2 aliphatic carbocycles. The lowest BCUT2D eigenvalue weighted by Gasteiger charge is -2.36. The van der Waals surface area contributed by atoms with E-state index in [9.17, 15) is 23.4 Å². The number of likely N-dealkylation sites (tertiary alicyclic amines) is 1. The quantitative estimate of drug-likeness (QED) is 0.292. The average molecular weight is 748 g/mol. The minimum atomic E-state index is -3.05. The van der Waals surface area contributed by atoms with Crippen molar-refractivity contribution in [3.8, 4) is 0 Å². The van der Waals surface area contributed by atoms with E-state index in [0.29, 0.717) is 43.2 Å². The Balaban J connectivity index is 1.26. The van der Waals surface area contributed by atoms with Crippen LogP contribution in [0.2, 0.25) is 5.02 Å². The van der Waals surface area contributed by atoms with Crippen LogP contribution in [0.5, 0.6) is 0 Å². The molecule has 0 radical (unpaired) electrons. The maximum Gasteiger partial charge on any atom is 0.258 e. The molecule has 5 aliphatic rings. The molecule has 2 saturated carbocycles. The highest BCUT2D eigenvalue weighted by atomic mass is 35.5. The van der Waals surface area contributed by atoms with Gasteiger partial charge < -0.3 is 25.1 Å². The number of hydrogen-bond donors (Lipinski definition) is 3. The first-order valence-electron chi connectivity index (χ1n) is 17.2. The summed E-state index contributed by atoms with van der Waals surface area (Å²) >= 11 is 11.5. The second kappa shape index (κ2) is 13.8. The first kappa shape index (κ1) is 36.7. The number of oxime groups is 1. The van der Waals surface area contributed by atoms with Crippen LogP contribution in [0, 0.1) is 17.3 Å². The summed E-state index contributed by atoms with van der Waals surface area (Å²) in [5, 5.41) is 10.5. The number of carbonyl (C=O) groups is 4. The zero-order valence-electron chi connectivity index (χ0n) is 28.7. The summed E-state index contributed by atoms with van der Waals surface area (Å²) in [5.41, 5.74) is -1.76. The lowest BCUT2D eigenvalue weighted by Crippen LogP contribution is -2.60. The Hall–Kier alpha value is -3.07. The third-order valence-corrected chi connectivity index (χ3v) is 13.6. The molecule has 1 aromatic carbocycles. The molecular weight excluding hydrogens is 702 g/mol. The van der Waals surface area contributed by atoms with Gasteiger partial charge in [0.15, 0.2) is 5.60 Å². The van der Waals surface area contributed by atoms with Crippen LogP contribution in [0.4, 0.5) is 0 Å². The zero-order valence-corrected chi connectivity index (χ0v) is 31.1. The highest BCUT2D eigenvalue weighted by molar-refractivity contribution is 8.32. The molecule has 272 valence electrons. The zero-order chi connectivity index (χ0) is 36.1. The Kier molecular flexibility index (Phi) is 10.1. The van der Waals surface area contributed by atoms with Crippen LogP contribution in [-0.2, 0) is 48.6 Å². The molecule has 0 aromatic heterocycles. The van der Waals surface area contributed by atoms with E-state index in [1.54, 1.807) is 18.2 Å². The first-order chi connectivity index (χ1) is 23.6. The van der Waals surface area contributed by atoms with Crippen LogP contribution in [-0.4, -0.2) is 86.7 Å². The fraction of sp³-hybridized carbons (Fsp3) is 0.629. The van der Waals surface area contributed by atoms with Gasteiger partial charge in [0.25, 0.3) is 5.91 Å². The van der Waals surface area contributed by atoms with E-state index in [1.165, 1.54) is 4.90 Å². The molecule has 6 atom stereocenters. The van der Waals surface area contributed by atoms with Crippen LogP contribution >= 0.6 is 11.6 Å². The van der Waals surface area contributed by atoms with Crippen LogP contribution in [0.3, 0.4) is 0 Å². The summed E-state index contributed by atoms with van der Waals surface area (Å²) in [5.74, 6) is -2.13. The highest BCUT2D eigenvalue weighted by Crippen LogP contribution is 2.46. The lowest BCUT2D eigenvalue weighted by atomic mass is 9.85. The van der Waals surface area contributed by atoms with Crippen molar-refractivity contribution in [1.29, 1.82) is 0 Å². The van der Waals surface area contributed by atoms with E-state index in [1.807, 2.05) is 32.9 Å². The molecule has 3 aliphatic heterocycles. The Bertz CT molecular complexity index is 1700. The van der Waals surface area contributed by atoms with Gasteiger partial charge in [0.2, 0.25) is 17.7 Å². The van der Waals surface area contributed by atoms with Gasteiger partial charge in [0.05, 0.1) is 17.5 Å². The smallest absolute Gasteiger partial charge is 0.258 e. The summed E-state index contributed by atoms with van der Waals surface area (Å²) in [6, 6.07) is 5.17. The van der Waals surface area contributed by atoms with Crippen LogP contribution < -0.4 is 15.4 Å². The number of nitrogens with zero attached hydrogens (tertiary/aromatic N) is 2. The molecular formula is C35H46ClN5O7S2. The largest absolute Gasteiger partial charge is 0.387 e. The topological polar surface area (TPSA) is 156 Å². The molecule has 0 bridgehead atoms. The number of hydrogen-bond acceptors (Lipinski definition) is 9. The summed E-state index contributed by atoms with van der Waals surface area (Å²) in [6.45, 7) is 10.6. The molecule has 3 heterocycles. The van der Waals surface area contributed by atoms with Gasteiger partial charge in [0, 0.05) is 60.2 Å². The summed E-state index contributed by atoms with van der Waals surface area (Å²) in [7, 11) is -3.05. The van der Waals surface area contributed by atoms with E-state index < -0.39 is 61.0 Å². The van der Waals surface area contributed by atoms with Crippen molar-refractivity contribution in [3.63, 3.8) is 0 Å². The molecule has 1 spiro atoms. The molecule has 50 heavy (non-hydrogen) atoms. The summed E-state index contributed by atoms with van der Waals surface area (Å²) in [4.78, 5) is 63.5. The summed E-state index contributed by atoms with van der Waals surface area (Å²) in [6.07, 6.45) is 5.38. The fourth-order valence-corrected chi connectivity index (χ4v) is 9.58. The van der Waals surface area contributed by atoms with E-state index in [2.05, 4.69) is 27.1 Å². The monoisotopic (exact) mass is 747 g/mol. The molecule has 4 fully saturated rings. The number of ether oxygens (including phenoxy) is 1. The van der Waals surface area contributed by atoms with Crippen LogP contribution in [0.15, 0.2) is 42.1 Å². The second-order valence-corrected chi connectivity index (χ2v) is 19.4. The molecule has 4 amide bonds.